The van der Waals surface area contributed by atoms with Crippen LogP contribution in [0.15, 0.2) is 41.1 Å². The summed E-state index contributed by atoms with van der Waals surface area (Å²) in [6.07, 6.45) is 4.31. The van der Waals surface area contributed by atoms with E-state index in [0.717, 1.165) is 16.5 Å². The second kappa shape index (κ2) is 5.21. The summed E-state index contributed by atoms with van der Waals surface area (Å²) in [7, 11) is 1.38. The number of nitrogens with one attached hydrogen (secondary N) is 1. The van der Waals surface area contributed by atoms with Crippen LogP contribution in [0.4, 0.5) is 0 Å². The van der Waals surface area contributed by atoms with Gasteiger partial charge in [0.2, 0.25) is 5.89 Å². The predicted octanol–water partition coefficient (Wildman–Crippen LogP) is 2.93. The average Bonchev–Trinajstić information content (AvgIpc) is 3.10. The van der Waals surface area contributed by atoms with Gasteiger partial charge in [-0.05, 0) is 6.07 Å². The number of hydrogen-bond acceptors (Lipinski definition) is 4. The van der Waals surface area contributed by atoms with Crippen molar-refractivity contribution < 1.29 is 13.9 Å². The summed E-state index contributed by atoms with van der Waals surface area (Å²) in [5.41, 5.74) is 1.96. The maximum Gasteiger partial charge on any atom is 0.305 e. The highest BCUT2D eigenvalue weighted by atomic mass is 16.5. The van der Waals surface area contributed by atoms with Crippen molar-refractivity contribution in [1.29, 1.82) is 0 Å². The van der Waals surface area contributed by atoms with Gasteiger partial charge in [-0.15, -0.1) is 0 Å². The molecule has 3 rings (SSSR count). The molecule has 5 nitrogen and oxygen atoms in total. The Morgan fingerprint density at radius 3 is 3.10 bits per heavy atom. The van der Waals surface area contributed by atoms with Crippen molar-refractivity contribution in [3.63, 3.8) is 0 Å². The second-order valence-electron chi connectivity index (χ2n) is 4.46. The van der Waals surface area contributed by atoms with E-state index in [2.05, 4.69) is 14.7 Å². The number of benzene rings is 1. The summed E-state index contributed by atoms with van der Waals surface area (Å²) >= 11 is 0. The lowest BCUT2D eigenvalue weighted by atomic mass is 10.2. The quantitative estimate of drug-likeness (QED) is 0.740. The van der Waals surface area contributed by atoms with Gasteiger partial charge < -0.3 is 14.1 Å². The summed E-state index contributed by atoms with van der Waals surface area (Å²) in [6, 6.07) is 7.96. The fourth-order valence-electron chi connectivity index (χ4n) is 2.12. The number of rotatable bonds is 4. The van der Waals surface area contributed by atoms with Crippen LogP contribution in [-0.2, 0) is 16.0 Å². The van der Waals surface area contributed by atoms with Crippen molar-refractivity contribution in [3.05, 3.63) is 42.4 Å². The Kier molecular flexibility index (Phi) is 3.25. The summed E-state index contributed by atoms with van der Waals surface area (Å²) < 4.78 is 10.3. The highest BCUT2D eigenvalue weighted by Gasteiger charge is 2.12. The Morgan fingerprint density at radius 1 is 1.40 bits per heavy atom. The number of aromatic amines is 1. The second-order valence-corrected chi connectivity index (χ2v) is 4.46. The molecule has 5 heteroatoms. The van der Waals surface area contributed by atoms with Crippen LogP contribution in [0.5, 0.6) is 0 Å². The molecule has 0 unspecified atom stereocenters. The first kappa shape index (κ1) is 12.5. The van der Waals surface area contributed by atoms with Gasteiger partial charge in [0, 0.05) is 23.5 Å². The molecule has 102 valence electrons. The summed E-state index contributed by atoms with van der Waals surface area (Å²) in [5, 5.41) is 1.06. The number of esters is 1. The average molecular weight is 270 g/mol. The smallest absolute Gasteiger partial charge is 0.305 e. The van der Waals surface area contributed by atoms with Crippen LogP contribution < -0.4 is 0 Å². The van der Waals surface area contributed by atoms with Gasteiger partial charge in [-0.2, -0.15) is 0 Å². The molecule has 2 heterocycles. The van der Waals surface area contributed by atoms with Crippen molar-refractivity contribution in [2.24, 2.45) is 0 Å². The minimum absolute atomic E-state index is 0.255. The van der Waals surface area contributed by atoms with E-state index < -0.39 is 0 Å². The van der Waals surface area contributed by atoms with Crippen molar-refractivity contribution in [1.82, 2.24) is 9.97 Å². The molecule has 0 aliphatic carbocycles. The van der Waals surface area contributed by atoms with Gasteiger partial charge in [0.1, 0.15) is 5.76 Å². The van der Waals surface area contributed by atoms with Crippen LogP contribution in [0.3, 0.4) is 0 Å². The van der Waals surface area contributed by atoms with Crippen molar-refractivity contribution in [3.8, 4) is 11.5 Å². The normalized spacial score (nSPS) is 10.8. The van der Waals surface area contributed by atoms with Gasteiger partial charge in [-0.3, -0.25) is 4.79 Å². The van der Waals surface area contributed by atoms with Crippen LogP contribution in [0.2, 0.25) is 0 Å². The Labute approximate surface area is 115 Å². The van der Waals surface area contributed by atoms with Crippen molar-refractivity contribution in [2.75, 3.05) is 7.11 Å². The zero-order valence-electron chi connectivity index (χ0n) is 11.1. The molecule has 0 radical (unpaired) electrons. The van der Waals surface area contributed by atoms with E-state index in [0.29, 0.717) is 24.5 Å². The summed E-state index contributed by atoms with van der Waals surface area (Å²) in [6.45, 7) is 0. The molecule has 0 atom stereocenters. The number of aryl methyl sites for hydroxylation is 1. The molecule has 2 aromatic heterocycles. The van der Waals surface area contributed by atoms with Crippen molar-refractivity contribution >= 4 is 16.9 Å². The monoisotopic (exact) mass is 270 g/mol. The molecule has 0 aliphatic heterocycles. The minimum Gasteiger partial charge on any atom is -0.469 e. The van der Waals surface area contributed by atoms with Crippen LogP contribution in [0.25, 0.3) is 22.4 Å². The number of H-pyrrole nitrogens is 1. The van der Waals surface area contributed by atoms with E-state index in [4.69, 9.17) is 4.42 Å². The predicted molar refractivity (Wildman–Crippen MR) is 74.1 cm³/mol. The number of ether oxygens (including phenoxy) is 1. The Balaban J connectivity index is 1.84. The molecular formula is C15H14N2O3. The first-order chi connectivity index (χ1) is 9.78. The zero-order valence-corrected chi connectivity index (χ0v) is 11.1. The number of nitrogens with zero attached hydrogens (tertiary/aromatic N) is 1. The SMILES string of the molecule is COC(=O)CCc1cnc(-c2c[nH]c3ccccc23)o1. The molecule has 0 amide bonds. The van der Waals surface area contributed by atoms with Crippen LogP contribution in [0, 0.1) is 0 Å². The molecule has 0 bridgehead atoms. The largest absolute Gasteiger partial charge is 0.469 e. The Bertz CT molecular complexity index is 742. The summed E-state index contributed by atoms with van der Waals surface area (Å²) in [4.78, 5) is 18.6. The van der Waals surface area contributed by atoms with E-state index in [1.165, 1.54) is 7.11 Å². The minimum atomic E-state index is -0.255. The van der Waals surface area contributed by atoms with Gasteiger partial charge in [0.15, 0.2) is 0 Å². The number of carbonyl (C=O) groups is 1. The Hall–Kier alpha value is -2.56. The van der Waals surface area contributed by atoms with E-state index >= 15 is 0 Å². The van der Waals surface area contributed by atoms with Gasteiger partial charge in [-0.25, -0.2) is 4.98 Å². The molecule has 0 spiro atoms. The van der Waals surface area contributed by atoms with Crippen molar-refractivity contribution in [2.45, 2.75) is 12.8 Å². The standard InChI is InChI=1S/C15H14N2O3/c1-19-14(18)7-6-10-8-17-15(20-10)12-9-16-13-5-3-2-4-11(12)13/h2-5,8-9,16H,6-7H2,1H3. The first-order valence-electron chi connectivity index (χ1n) is 6.36. The van der Waals surface area contributed by atoms with E-state index in [1.807, 2.05) is 30.5 Å². The van der Waals surface area contributed by atoms with Crippen LogP contribution in [0.1, 0.15) is 12.2 Å². The first-order valence-corrected chi connectivity index (χ1v) is 6.36. The summed E-state index contributed by atoms with van der Waals surface area (Å²) in [5.74, 6) is 0.980. The third-order valence-electron chi connectivity index (χ3n) is 3.18. The lowest BCUT2D eigenvalue weighted by molar-refractivity contribution is -0.140. The highest BCUT2D eigenvalue weighted by molar-refractivity contribution is 5.93. The number of carbonyl (C=O) groups excluding carboxylic acids is 1. The molecule has 0 aliphatic rings. The number of aromatic nitrogens is 2. The third kappa shape index (κ3) is 2.30. The number of hydrogen-bond donors (Lipinski definition) is 1. The lowest BCUT2D eigenvalue weighted by Gasteiger charge is -1.96. The van der Waals surface area contributed by atoms with Gasteiger partial charge in [0.05, 0.1) is 25.3 Å². The fraction of sp³-hybridized carbons (Fsp3) is 0.200. The molecule has 0 fully saturated rings. The van der Waals surface area contributed by atoms with Gasteiger partial charge >= 0.3 is 5.97 Å². The maximum atomic E-state index is 11.1. The maximum absolute atomic E-state index is 11.1. The number of methoxy groups -OCH3 is 1. The third-order valence-corrected chi connectivity index (χ3v) is 3.18. The fourth-order valence-corrected chi connectivity index (χ4v) is 2.12. The molecule has 3 aromatic rings. The van der Waals surface area contributed by atoms with E-state index in [-0.39, 0.29) is 5.97 Å². The van der Waals surface area contributed by atoms with E-state index in [9.17, 15) is 4.79 Å². The van der Waals surface area contributed by atoms with Crippen LogP contribution in [-0.4, -0.2) is 23.0 Å². The highest BCUT2D eigenvalue weighted by Crippen LogP contribution is 2.28. The molecule has 0 saturated carbocycles. The molecule has 1 aromatic carbocycles. The topological polar surface area (TPSA) is 68.1 Å². The molecule has 0 saturated heterocycles. The Morgan fingerprint density at radius 2 is 2.25 bits per heavy atom. The molecule has 20 heavy (non-hydrogen) atoms. The number of para-hydroxylation sites is 1. The van der Waals surface area contributed by atoms with Gasteiger partial charge in [-0.1, -0.05) is 18.2 Å². The van der Waals surface area contributed by atoms with E-state index in [1.54, 1.807) is 6.20 Å². The molecular weight excluding hydrogens is 256 g/mol. The number of oxazole rings is 1. The van der Waals surface area contributed by atoms with Gasteiger partial charge in [0.25, 0.3) is 0 Å². The van der Waals surface area contributed by atoms with Crippen LogP contribution >= 0.6 is 0 Å². The zero-order chi connectivity index (χ0) is 13.9. The lowest BCUT2D eigenvalue weighted by Crippen LogP contribution is -2.01. The molecule has 1 N–H and O–H groups in total. The number of fused-ring (bicyclic) bond motifs is 1.